The molecule has 0 radical (unpaired) electrons. The van der Waals surface area contributed by atoms with E-state index in [9.17, 15) is 0 Å². The van der Waals surface area contributed by atoms with E-state index < -0.39 is 0 Å². The van der Waals surface area contributed by atoms with Crippen molar-refractivity contribution in [3.05, 3.63) is 10.4 Å². The highest BCUT2D eigenvalue weighted by Gasteiger charge is 1.82. The number of ether oxygens (including phenoxy) is 1. The molecule has 0 unspecified atom stereocenters. The van der Waals surface area contributed by atoms with Gasteiger partial charge in [-0.1, -0.05) is 5.11 Å². The summed E-state index contributed by atoms with van der Waals surface area (Å²) in [5, 5.41) is 3.28. The summed E-state index contributed by atoms with van der Waals surface area (Å²) in [6, 6.07) is 0. The summed E-state index contributed by atoms with van der Waals surface area (Å²) in [6.07, 6.45) is 0. The van der Waals surface area contributed by atoms with Crippen LogP contribution in [0.1, 0.15) is 0 Å². The lowest BCUT2D eigenvalue weighted by Gasteiger charge is -1.94. The van der Waals surface area contributed by atoms with Gasteiger partial charge in [0.05, 0.1) is 19.8 Å². The predicted octanol–water partition coefficient (Wildman–Crippen LogP) is -0.445. The number of quaternary nitrogens is 1. The number of hydrogen-bond acceptors (Lipinski definition) is 2. The zero-order chi connectivity index (χ0) is 6.95. The van der Waals surface area contributed by atoms with Gasteiger partial charge in [0, 0.05) is 11.5 Å². The fourth-order valence-corrected chi connectivity index (χ4v) is 0.354. The lowest BCUT2D eigenvalue weighted by atomic mass is 10.7. The van der Waals surface area contributed by atoms with Gasteiger partial charge in [0.2, 0.25) is 0 Å². The SMILES string of the molecule is [N-]=[N+]=NCCOCC[NH3+]. The van der Waals surface area contributed by atoms with Crippen molar-refractivity contribution in [2.75, 3.05) is 26.3 Å². The Labute approximate surface area is 53.4 Å². The van der Waals surface area contributed by atoms with E-state index in [2.05, 4.69) is 15.8 Å². The van der Waals surface area contributed by atoms with Crippen LogP contribution in [-0.2, 0) is 4.74 Å². The molecule has 0 spiro atoms. The van der Waals surface area contributed by atoms with Gasteiger partial charge < -0.3 is 10.5 Å². The van der Waals surface area contributed by atoms with Crippen LogP contribution < -0.4 is 5.73 Å². The second-order valence-electron chi connectivity index (χ2n) is 1.42. The van der Waals surface area contributed by atoms with Crippen molar-refractivity contribution in [3.8, 4) is 0 Å². The van der Waals surface area contributed by atoms with Crippen molar-refractivity contribution in [1.82, 2.24) is 0 Å². The first-order valence-electron chi connectivity index (χ1n) is 2.79. The molecule has 0 heterocycles. The van der Waals surface area contributed by atoms with E-state index in [1.54, 1.807) is 0 Å². The average molecular weight is 131 g/mol. The van der Waals surface area contributed by atoms with Gasteiger partial charge in [0.15, 0.2) is 0 Å². The van der Waals surface area contributed by atoms with Crippen molar-refractivity contribution in [3.63, 3.8) is 0 Å². The Morgan fingerprint density at radius 3 is 2.89 bits per heavy atom. The minimum atomic E-state index is 0.413. The molecular formula is C4H11N4O+. The van der Waals surface area contributed by atoms with Crippen LogP contribution in [0.3, 0.4) is 0 Å². The van der Waals surface area contributed by atoms with Gasteiger partial charge in [0.25, 0.3) is 0 Å². The van der Waals surface area contributed by atoms with Crippen LogP contribution in [0.2, 0.25) is 0 Å². The minimum absolute atomic E-state index is 0.413. The molecular weight excluding hydrogens is 120 g/mol. The third-order valence-corrected chi connectivity index (χ3v) is 0.688. The molecule has 0 aromatic rings. The summed E-state index contributed by atoms with van der Waals surface area (Å²) in [7, 11) is 0. The number of hydrogen-bond donors (Lipinski definition) is 1. The predicted molar refractivity (Wildman–Crippen MR) is 32.6 cm³/mol. The Morgan fingerprint density at radius 1 is 1.56 bits per heavy atom. The molecule has 5 heteroatoms. The normalized spacial score (nSPS) is 8.56. The fourth-order valence-electron chi connectivity index (χ4n) is 0.354. The summed E-state index contributed by atoms with van der Waals surface area (Å²) in [6.45, 7) is 2.31. The summed E-state index contributed by atoms with van der Waals surface area (Å²) in [4.78, 5) is 2.56. The maximum Gasteiger partial charge on any atom is 0.0977 e. The number of nitrogens with zero attached hydrogens (tertiary/aromatic N) is 3. The molecule has 0 rings (SSSR count). The molecule has 0 aromatic heterocycles. The van der Waals surface area contributed by atoms with Crippen molar-refractivity contribution >= 4 is 0 Å². The molecule has 0 saturated carbocycles. The average Bonchev–Trinajstić information content (AvgIpc) is 1.89. The van der Waals surface area contributed by atoms with E-state index in [1.165, 1.54) is 0 Å². The van der Waals surface area contributed by atoms with Crippen LogP contribution in [0.25, 0.3) is 10.4 Å². The summed E-state index contributed by atoms with van der Waals surface area (Å²) in [5.41, 5.74) is 11.4. The highest BCUT2D eigenvalue weighted by Crippen LogP contribution is 1.74. The van der Waals surface area contributed by atoms with Crippen LogP contribution in [0.4, 0.5) is 0 Å². The molecule has 3 N–H and O–H groups in total. The van der Waals surface area contributed by atoms with Crippen molar-refractivity contribution in [2.45, 2.75) is 0 Å². The lowest BCUT2D eigenvalue weighted by molar-refractivity contribution is -0.374. The maximum atomic E-state index is 7.81. The summed E-state index contributed by atoms with van der Waals surface area (Å²) in [5.74, 6) is 0. The van der Waals surface area contributed by atoms with Gasteiger partial charge in [0.1, 0.15) is 0 Å². The molecule has 0 fully saturated rings. The highest BCUT2D eigenvalue weighted by molar-refractivity contribution is 4.43. The minimum Gasteiger partial charge on any atom is -0.375 e. The summed E-state index contributed by atoms with van der Waals surface area (Å²) < 4.78 is 4.96. The quantitative estimate of drug-likeness (QED) is 0.233. The first-order chi connectivity index (χ1) is 4.41. The van der Waals surface area contributed by atoms with Crippen molar-refractivity contribution in [2.24, 2.45) is 5.11 Å². The molecule has 0 bridgehead atoms. The first-order valence-corrected chi connectivity index (χ1v) is 2.79. The third-order valence-electron chi connectivity index (χ3n) is 0.688. The largest absolute Gasteiger partial charge is 0.375 e. The van der Waals surface area contributed by atoms with Gasteiger partial charge in [-0.2, -0.15) is 0 Å². The van der Waals surface area contributed by atoms with Gasteiger partial charge in [-0.15, -0.1) is 0 Å². The Bertz CT molecular complexity index is 98.7. The third kappa shape index (κ3) is 7.23. The van der Waals surface area contributed by atoms with E-state index in [0.29, 0.717) is 19.8 Å². The van der Waals surface area contributed by atoms with Crippen LogP contribution >= 0.6 is 0 Å². The topological polar surface area (TPSA) is 85.6 Å². The molecule has 9 heavy (non-hydrogen) atoms. The molecule has 5 nitrogen and oxygen atoms in total. The second-order valence-corrected chi connectivity index (χ2v) is 1.42. The van der Waals surface area contributed by atoms with E-state index in [1.807, 2.05) is 0 Å². The van der Waals surface area contributed by atoms with Crippen molar-refractivity contribution < 1.29 is 10.5 Å². The van der Waals surface area contributed by atoms with E-state index in [4.69, 9.17) is 10.3 Å². The highest BCUT2D eigenvalue weighted by atomic mass is 16.5. The van der Waals surface area contributed by atoms with Crippen LogP contribution in [0.15, 0.2) is 5.11 Å². The zero-order valence-electron chi connectivity index (χ0n) is 5.29. The first kappa shape index (κ1) is 8.23. The molecule has 0 aromatic carbocycles. The Morgan fingerprint density at radius 2 is 2.33 bits per heavy atom. The van der Waals surface area contributed by atoms with Crippen molar-refractivity contribution in [1.29, 1.82) is 0 Å². The molecule has 0 aliphatic heterocycles. The molecule has 52 valence electrons. The maximum absolute atomic E-state index is 7.81. The van der Waals surface area contributed by atoms with E-state index >= 15 is 0 Å². The number of azide groups is 1. The second kappa shape index (κ2) is 7.23. The monoisotopic (exact) mass is 131 g/mol. The van der Waals surface area contributed by atoms with Crippen LogP contribution in [0, 0.1) is 0 Å². The molecule has 0 atom stereocenters. The van der Waals surface area contributed by atoms with E-state index in [-0.39, 0.29) is 0 Å². The van der Waals surface area contributed by atoms with E-state index in [0.717, 1.165) is 6.54 Å². The zero-order valence-corrected chi connectivity index (χ0v) is 5.29. The fraction of sp³-hybridized carbons (Fsp3) is 1.00. The van der Waals surface area contributed by atoms with Crippen LogP contribution in [-0.4, -0.2) is 26.3 Å². The van der Waals surface area contributed by atoms with Gasteiger partial charge in [-0.05, 0) is 5.53 Å². The molecule has 0 saturated heterocycles. The molecule has 0 amide bonds. The molecule has 0 aliphatic carbocycles. The molecule has 0 aliphatic rings. The lowest BCUT2D eigenvalue weighted by Crippen LogP contribution is -2.52. The Balaban J connectivity index is 2.82. The standard InChI is InChI=1S/C4H10N4O/c5-1-3-9-4-2-7-8-6/h1-5H2/p+1. The van der Waals surface area contributed by atoms with Gasteiger partial charge in [-0.3, -0.25) is 0 Å². The van der Waals surface area contributed by atoms with Gasteiger partial charge >= 0.3 is 0 Å². The smallest absolute Gasteiger partial charge is 0.0977 e. The Hall–Kier alpha value is -0.770. The summed E-state index contributed by atoms with van der Waals surface area (Å²) >= 11 is 0. The number of rotatable bonds is 5. The van der Waals surface area contributed by atoms with Gasteiger partial charge in [-0.25, -0.2) is 0 Å². The Kier molecular flexibility index (Phi) is 6.61. The van der Waals surface area contributed by atoms with Crippen LogP contribution in [0.5, 0.6) is 0 Å².